The Labute approximate surface area is 160 Å². The van der Waals surface area contributed by atoms with Gasteiger partial charge in [0.05, 0.1) is 6.42 Å². The van der Waals surface area contributed by atoms with Crippen molar-refractivity contribution in [3.05, 3.63) is 65.7 Å². The van der Waals surface area contributed by atoms with E-state index in [9.17, 15) is 9.59 Å². The lowest BCUT2D eigenvalue weighted by Crippen LogP contribution is -2.46. The molecule has 1 heterocycles. The number of amides is 2. The number of anilines is 1. The topological polar surface area (TPSA) is 75.4 Å². The maximum atomic E-state index is 12.4. The molecule has 0 spiro atoms. The molecule has 0 unspecified atom stereocenters. The lowest BCUT2D eigenvalue weighted by Gasteiger charge is -2.32. The summed E-state index contributed by atoms with van der Waals surface area (Å²) in [6.07, 6.45) is 1.96. The quantitative estimate of drug-likeness (QED) is 0.809. The molecule has 1 aliphatic heterocycles. The van der Waals surface area contributed by atoms with Gasteiger partial charge in [-0.3, -0.25) is 9.59 Å². The summed E-state index contributed by atoms with van der Waals surface area (Å²) in [5, 5.41) is 3.06. The third kappa shape index (κ3) is 5.23. The van der Waals surface area contributed by atoms with Crippen molar-refractivity contribution in [1.29, 1.82) is 0 Å². The van der Waals surface area contributed by atoms with Gasteiger partial charge in [0.2, 0.25) is 5.91 Å². The second-order valence-corrected chi connectivity index (χ2v) is 6.41. The highest BCUT2D eigenvalue weighted by Crippen LogP contribution is 2.14. The fourth-order valence-electron chi connectivity index (χ4n) is 3.05. The highest BCUT2D eigenvalue weighted by molar-refractivity contribution is 5.94. The number of nitrogens with two attached hydrogens (primary N) is 1. The van der Waals surface area contributed by atoms with Crippen LogP contribution >= 0.6 is 12.4 Å². The summed E-state index contributed by atoms with van der Waals surface area (Å²) in [4.78, 5) is 26.5. The molecular formula is C20H24ClN3O2. The van der Waals surface area contributed by atoms with Gasteiger partial charge in [-0.05, 0) is 42.7 Å². The minimum Gasteiger partial charge on any atom is -0.399 e. The Bertz CT molecular complexity index is 726. The Hall–Kier alpha value is -2.53. The average molecular weight is 374 g/mol. The van der Waals surface area contributed by atoms with E-state index >= 15 is 0 Å². The number of carbonyl (C=O) groups is 2. The molecule has 2 aromatic carbocycles. The van der Waals surface area contributed by atoms with Crippen molar-refractivity contribution in [2.24, 2.45) is 0 Å². The van der Waals surface area contributed by atoms with Gasteiger partial charge in [0, 0.05) is 30.4 Å². The highest BCUT2D eigenvalue weighted by Gasteiger charge is 2.24. The zero-order chi connectivity index (χ0) is 17.6. The summed E-state index contributed by atoms with van der Waals surface area (Å²) < 4.78 is 0. The van der Waals surface area contributed by atoms with Crippen LogP contribution in [0.15, 0.2) is 54.6 Å². The Morgan fingerprint density at radius 2 is 1.62 bits per heavy atom. The molecule has 1 fully saturated rings. The minimum atomic E-state index is -0.0488. The van der Waals surface area contributed by atoms with Crippen LogP contribution in [0.1, 0.15) is 28.8 Å². The van der Waals surface area contributed by atoms with Crippen LogP contribution < -0.4 is 11.1 Å². The van der Waals surface area contributed by atoms with Crippen molar-refractivity contribution in [3.63, 3.8) is 0 Å². The second kappa shape index (κ2) is 9.25. The number of hydrogen-bond donors (Lipinski definition) is 2. The highest BCUT2D eigenvalue weighted by atomic mass is 35.5. The fraction of sp³-hybridized carbons (Fsp3) is 0.300. The maximum Gasteiger partial charge on any atom is 0.251 e. The van der Waals surface area contributed by atoms with Crippen LogP contribution in [0.4, 0.5) is 5.69 Å². The van der Waals surface area contributed by atoms with Crippen molar-refractivity contribution >= 4 is 29.9 Å². The number of rotatable bonds is 4. The monoisotopic (exact) mass is 373 g/mol. The minimum absolute atomic E-state index is 0. The number of nitrogen functional groups attached to an aromatic ring is 1. The summed E-state index contributed by atoms with van der Waals surface area (Å²) in [6.45, 7) is 1.35. The Kier molecular flexibility index (Phi) is 7.04. The molecule has 0 radical (unpaired) electrons. The number of nitrogens with zero attached hydrogens (tertiary/aromatic N) is 1. The Morgan fingerprint density at radius 1 is 1.00 bits per heavy atom. The lowest BCUT2D eigenvalue weighted by atomic mass is 10.0. The SMILES string of the molecule is Cl.Nc1ccc(CC(=O)N2CCC(NC(=O)c3ccccc3)CC2)cc1. The van der Waals surface area contributed by atoms with Crippen LogP contribution in [0.3, 0.4) is 0 Å². The van der Waals surface area contributed by atoms with Crippen molar-refractivity contribution in [3.8, 4) is 0 Å². The Morgan fingerprint density at radius 3 is 2.23 bits per heavy atom. The van der Waals surface area contributed by atoms with Crippen LogP contribution in [0.5, 0.6) is 0 Å². The smallest absolute Gasteiger partial charge is 0.251 e. The van der Waals surface area contributed by atoms with Crippen LogP contribution in [0, 0.1) is 0 Å². The summed E-state index contributed by atoms with van der Waals surface area (Å²) in [5.41, 5.74) is 8.01. The van der Waals surface area contributed by atoms with Gasteiger partial charge < -0.3 is 16.0 Å². The van der Waals surface area contributed by atoms with E-state index in [2.05, 4.69) is 5.32 Å². The predicted octanol–water partition coefficient (Wildman–Crippen LogP) is 2.65. The van der Waals surface area contributed by atoms with E-state index in [-0.39, 0.29) is 30.3 Å². The zero-order valence-electron chi connectivity index (χ0n) is 14.6. The molecule has 2 amide bonds. The van der Waals surface area contributed by atoms with E-state index in [1.807, 2.05) is 47.4 Å². The number of nitrogens with one attached hydrogen (secondary N) is 1. The third-order valence-corrected chi connectivity index (χ3v) is 4.55. The molecule has 0 saturated carbocycles. The number of benzene rings is 2. The average Bonchev–Trinajstić information content (AvgIpc) is 2.65. The molecule has 5 nitrogen and oxygen atoms in total. The van der Waals surface area contributed by atoms with Gasteiger partial charge in [-0.2, -0.15) is 0 Å². The van der Waals surface area contributed by atoms with Gasteiger partial charge in [0.1, 0.15) is 0 Å². The summed E-state index contributed by atoms with van der Waals surface area (Å²) in [7, 11) is 0. The molecular weight excluding hydrogens is 350 g/mol. The molecule has 0 aliphatic carbocycles. The van der Waals surface area contributed by atoms with E-state index < -0.39 is 0 Å². The van der Waals surface area contributed by atoms with Crippen molar-refractivity contribution in [2.75, 3.05) is 18.8 Å². The molecule has 26 heavy (non-hydrogen) atoms. The van der Waals surface area contributed by atoms with Gasteiger partial charge in [-0.25, -0.2) is 0 Å². The normalized spacial score (nSPS) is 14.4. The maximum absolute atomic E-state index is 12.4. The first-order chi connectivity index (χ1) is 12.1. The van der Waals surface area contributed by atoms with E-state index in [4.69, 9.17) is 5.73 Å². The standard InChI is InChI=1S/C20H23N3O2.ClH/c21-17-8-6-15(7-9-17)14-19(24)23-12-10-18(11-13-23)22-20(25)16-4-2-1-3-5-16;/h1-9,18H,10-14,21H2,(H,22,25);1H. The van der Waals surface area contributed by atoms with Gasteiger partial charge in [0.25, 0.3) is 5.91 Å². The van der Waals surface area contributed by atoms with Crippen LogP contribution in [0.2, 0.25) is 0 Å². The number of halogens is 1. The van der Waals surface area contributed by atoms with Crippen LogP contribution in [-0.2, 0) is 11.2 Å². The van der Waals surface area contributed by atoms with Crippen molar-refractivity contribution in [2.45, 2.75) is 25.3 Å². The molecule has 3 N–H and O–H groups in total. The molecule has 6 heteroatoms. The zero-order valence-corrected chi connectivity index (χ0v) is 15.4. The number of piperidine rings is 1. The molecule has 1 saturated heterocycles. The van der Waals surface area contributed by atoms with E-state index in [0.717, 1.165) is 18.4 Å². The predicted molar refractivity (Wildman–Crippen MR) is 105 cm³/mol. The first kappa shape index (κ1) is 19.8. The van der Waals surface area contributed by atoms with Crippen LogP contribution in [0.25, 0.3) is 0 Å². The van der Waals surface area contributed by atoms with Crippen LogP contribution in [-0.4, -0.2) is 35.8 Å². The second-order valence-electron chi connectivity index (χ2n) is 6.41. The lowest BCUT2D eigenvalue weighted by molar-refractivity contribution is -0.131. The van der Waals surface area contributed by atoms with Gasteiger partial charge >= 0.3 is 0 Å². The molecule has 0 atom stereocenters. The number of hydrogen-bond acceptors (Lipinski definition) is 3. The fourth-order valence-corrected chi connectivity index (χ4v) is 3.05. The third-order valence-electron chi connectivity index (χ3n) is 4.55. The number of carbonyl (C=O) groups excluding carboxylic acids is 2. The first-order valence-electron chi connectivity index (χ1n) is 8.60. The first-order valence-corrected chi connectivity index (χ1v) is 8.60. The van der Waals surface area contributed by atoms with E-state index in [0.29, 0.717) is 30.8 Å². The molecule has 0 aromatic heterocycles. The van der Waals surface area contributed by atoms with Gasteiger partial charge in [-0.1, -0.05) is 30.3 Å². The largest absolute Gasteiger partial charge is 0.399 e. The molecule has 3 rings (SSSR count). The molecule has 138 valence electrons. The number of likely N-dealkylation sites (tertiary alicyclic amines) is 1. The van der Waals surface area contributed by atoms with E-state index in [1.54, 1.807) is 12.1 Å². The van der Waals surface area contributed by atoms with Gasteiger partial charge in [-0.15, -0.1) is 12.4 Å². The Balaban J connectivity index is 0.00000243. The van der Waals surface area contributed by atoms with E-state index in [1.165, 1.54) is 0 Å². The molecule has 0 bridgehead atoms. The summed E-state index contributed by atoms with van der Waals surface area (Å²) in [6, 6.07) is 16.7. The summed E-state index contributed by atoms with van der Waals surface area (Å²) >= 11 is 0. The summed E-state index contributed by atoms with van der Waals surface area (Å²) in [5.74, 6) is 0.0739. The van der Waals surface area contributed by atoms with Crippen molar-refractivity contribution in [1.82, 2.24) is 10.2 Å². The van der Waals surface area contributed by atoms with Gasteiger partial charge in [0.15, 0.2) is 0 Å². The molecule has 2 aromatic rings. The van der Waals surface area contributed by atoms with Crippen molar-refractivity contribution < 1.29 is 9.59 Å². The molecule has 1 aliphatic rings.